The minimum absolute atomic E-state index is 0.0135. The largest absolute Gasteiger partial charge is 0.481 e. The molecule has 0 aliphatic heterocycles. The number of hydrogen-bond donors (Lipinski definition) is 2. The first-order valence-electron chi connectivity index (χ1n) is 4.42. The van der Waals surface area contributed by atoms with E-state index in [1.807, 2.05) is 0 Å². The van der Waals surface area contributed by atoms with Crippen LogP contribution in [-0.4, -0.2) is 27.0 Å². The molecule has 0 aromatic carbocycles. The van der Waals surface area contributed by atoms with Gasteiger partial charge in [0, 0.05) is 12.6 Å². The van der Waals surface area contributed by atoms with E-state index in [2.05, 4.69) is 15.3 Å². The summed E-state index contributed by atoms with van der Waals surface area (Å²) in [6.45, 7) is 0.293. The van der Waals surface area contributed by atoms with E-state index in [0.717, 1.165) is 0 Å². The number of carboxylic acids is 1. The summed E-state index contributed by atoms with van der Waals surface area (Å²) in [5.74, 6) is -1.27. The highest BCUT2D eigenvalue weighted by atomic mass is 16.4. The molecule has 6 heteroatoms. The Morgan fingerprint density at radius 2 is 2.20 bits per heavy atom. The average Bonchev–Trinajstić information content (AvgIpc) is 2.25. The Bertz CT molecular complexity index is 340. The van der Waals surface area contributed by atoms with Crippen LogP contribution < -0.4 is 5.32 Å². The van der Waals surface area contributed by atoms with Gasteiger partial charge in [-0.3, -0.25) is 9.59 Å². The fourth-order valence-electron chi connectivity index (χ4n) is 0.921. The Labute approximate surface area is 86.4 Å². The summed E-state index contributed by atoms with van der Waals surface area (Å²) in [5, 5.41) is 10.9. The van der Waals surface area contributed by atoms with Crippen molar-refractivity contribution in [3.05, 3.63) is 24.3 Å². The van der Waals surface area contributed by atoms with Gasteiger partial charge in [-0.2, -0.15) is 0 Å². The Morgan fingerprint density at radius 3 is 2.80 bits per heavy atom. The van der Waals surface area contributed by atoms with E-state index in [9.17, 15) is 9.59 Å². The average molecular weight is 209 g/mol. The molecule has 1 aromatic rings. The van der Waals surface area contributed by atoms with Crippen molar-refractivity contribution in [3.8, 4) is 0 Å². The lowest BCUT2D eigenvalue weighted by Crippen LogP contribution is -2.23. The molecule has 1 aromatic heterocycles. The Balaban J connectivity index is 2.26. The third kappa shape index (κ3) is 4.70. The molecule has 0 saturated carbocycles. The molecule has 0 aliphatic rings. The maximum Gasteiger partial charge on any atom is 0.303 e. The standard InChI is InChI=1S/C9H11N3O3/c13-8(1-2-9(14)15)11-5-7-3-4-10-6-12-7/h3-4,6H,1-2,5H2,(H,11,13)(H,14,15). The van der Waals surface area contributed by atoms with Crippen molar-refractivity contribution in [2.45, 2.75) is 19.4 Å². The second-order valence-electron chi connectivity index (χ2n) is 2.87. The fraction of sp³-hybridized carbons (Fsp3) is 0.333. The lowest BCUT2D eigenvalue weighted by Gasteiger charge is -2.02. The smallest absolute Gasteiger partial charge is 0.303 e. The van der Waals surface area contributed by atoms with Crippen molar-refractivity contribution < 1.29 is 14.7 Å². The van der Waals surface area contributed by atoms with Crippen molar-refractivity contribution in [2.75, 3.05) is 0 Å². The van der Waals surface area contributed by atoms with Gasteiger partial charge < -0.3 is 10.4 Å². The summed E-state index contributed by atoms with van der Waals surface area (Å²) in [7, 11) is 0. The second kappa shape index (κ2) is 5.69. The molecule has 0 aliphatic carbocycles. The highest BCUT2D eigenvalue weighted by Crippen LogP contribution is 1.92. The van der Waals surface area contributed by atoms with Crippen LogP contribution in [0.2, 0.25) is 0 Å². The number of nitrogens with one attached hydrogen (secondary N) is 1. The van der Waals surface area contributed by atoms with Gasteiger partial charge in [0.1, 0.15) is 6.33 Å². The number of aliphatic carboxylic acids is 1. The zero-order chi connectivity index (χ0) is 11.1. The second-order valence-corrected chi connectivity index (χ2v) is 2.87. The molecule has 80 valence electrons. The van der Waals surface area contributed by atoms with Crippen LogP contribution >= 0.6 is 0 Å². The maximum atomic E-state index is 11.1. The van der Waals surface area contributed by atoms with Crippen LogP contribution in [0.25, 0.3) is 0 Å². The number of carboxylic acid groups (broad SMARTS) is 1. The topological polar surface area (TPSA) is 92.2 Å². The van der Waals surface area contributed by atoms with Crippen molar-refractivity contribution >= 4 is 11.9 Å². The summed E-state index contributed by atoms with van der Waals surface area (Å²) in [5.41, 5.74) is 0.689. The van der Waals surface area contributed by atoms with E-state index in [-0.39, 0.29) is 18.7 Å². The van der Waals surface area contributed by atoms with Crippen molar-refractivity contribution in [1.29, 1.82) is 0 Å². The molecule has 1 heterocycles. The molecule has 0 radical (unpaired) electrons. The first-order valence-corrected chi connectivity index (χ1v) is 4.42. The summed E-state index contributed by atoms with van der Waals surface area (Å²) < 4.78 is 0. The third-order valence-corrected chi connectivity index (χ3v) is 1.68. The summed E-state index contributed by atoms with van der Waals surface area (Å²) >= 11 is 0. The first kappa shape index (κ1) is 11.1. The molecule has 0 atom stereocenters. The van der Waals surface area contributed by atoms with Gasteiger partial charge in [0.05, 0.1) is 18.7 Å². The van der Waals surface area contributed by atoms with E-state index in [4.69, 9.17) is 5.11 Å². The normalized spacial score (nSPS) is 9.60. The van der Waals surface area contributed by atoms with E-state index in [1.165, 1.54) is 6.33 Å². The van der Waals surface area contributed by atoms with Crippen LogP contribution in [0.5, 0.6) is 0 Å². The SMILES string of the molecule is O=C(O)CCC(=O)NCc1ccncn1. The number of nitrogens with zero attached hydrogens (tertiary/aromatic N) is 2. The van der Waals surface area contributed by atoms with Gasteiger partial charge in [0.2, 0.25) is 5.91 Å². The molecule has 0 fully saturated rings. The van der Waals surface area contributed by atoms with Crippen molar-refractivity contribution in [3.63, 3.8) is 0 Å². The van der Waals surface area contributed by atoms with Crippen molar-refractivity contribution in [2.24, 2.45) is 0 Å². The Morgan fingerprint density at radius 1 is 1.40 bits per heavy atom. The van der Waals surface area contributed by atoms with Gasteiger partial charge in [-0.05, 0) is 6.07 Å². The minimum atomic E-state index is -0.979. The van der Waals surface area contributed by atoms with E-state index >= 15 is 0 Å². The number of amides is 1. The van der Waals surface area contributed by atoms with Crippen LogP contribution in [0.3, 0.4) is 0 Å². The molecule has 15 heavy (non-hydrogen) atoms. The minimum Gasteiger partial charge on any atom is -0.481 e. The number of aromatic nitrogens is 2. The lowest BCUT2D eigenvalue weighted by atomic mass is 10.3. The predicted molar refractivity (Wildman–Crippen MR) is 50.7 cm³/mol. The van der Waals surface area contributed by atoms with Crippen LogP contribution in [0.1, 0.15) is 18.5 Å². The first-order chi connectivity index (χ1) is 7.18. The van der Waals surface area contributed by atoms with Gasteiger partial charge >= 0.3 is 5.97 Å². The van der Waals surface area contributed by atoms with E-state index < -0.39 is 5.97 Å². The van der Waals surface area contributed by atoms with E-state index in [0.29, 0.717) is 12.2 Å². The Kier molecular flexibility index (Phi) is 4.21. The van der Waals surface area contributed by atoms with Gasteiger partial charge in [-0.15, -0.1) is 0 Å². The number of carbonyl (C=O) groups is 2. The third-order valence-electron chi connectivity index (χ3n) is 1.68. The van der Waals surface area contributed by atoms with Gasteiger partial charge in [-0.1, -0.05) is 0 Å². The molecular formula is C9H11N3O3. The fourth-order valence-corrected chi connectivity index (χ4v) is 0.921. The molecular weight excluding hydrogens is 198 g/mol. The quantitative estimate of drug-likeness (QED) is 0.709. The monoisotopic (exact) mass is 209 g/mol. The zero-order valence-corrected chi connectivity index (χ0v) is 8.01. The predicted octanol–water partition coefficient (Wildman–Crippen LogP) is -0.0424. The summed E-state index contributed by atoms with van der Waals surface area (Å²) in [4.78, 5) is 28.9. The highest BCUT2D eigenvalue weighted by molar-refractivity contribution is 5.80. The van der Waals surface area contributed by atoms with Crippen molar-refractivity contribution in [1.82, 2.24) is 15.3 Å². The van der Waals surface area contributed by atoms with Gasteiger partial charge in [-0.25, -0.2) is 9.97 Å². The van der Waals surface area contributed by atoms with Crippen LogP contribution in [0.4, 0.5) is 0 Å². The number of hydrogen-bond acceptors (Lipinski definition) is 4. The molecule has 0 unspecified atom stereocenters. The summed E-state index contributed by atoms with van der Waals surface area (Å²) in [6.07, 6.45) is 2.79. The Hall–Kier alpha value is -1.98. The summed E-state index contributed by atoms with van der Waals surface area (Å²) in [6, 6.07) is 1.68. The molecule has 6 nitrogen and oxygen atoms in total. The molecule has 1 rings (SSSR count). The number of rotatable bonds is 5. The van der Waals surface area contributed by atoms with Crippen LogP contribution in [0, 0.1) is 0 Å². The molecule has 0 saturated heterocycles. The van der Waals surface area contributed by atoms with Crippen LogP contribution in [0.15, 0.2) is 18.6 Å². The molecule has 2 N–H and O–H groups in total. The van der Waals surface area contributed by atoms with Gasteiger partial charge in [0.25, 0.3) is 0 Å². The lowest BCUT2D eigenvalue weighted by molar-refractivity contribution is -0.138. The zero-order valence-electron chi connectivity index (χ0n) is 8.01. The molecule has 1 amide bonds. The molecule has 0 bridgehead atoms. The maximum absolute atomic E-state index is 11.1. The number of carbonyl (C=O) groups excluding carboxylic acids is 1. The van der Waals surface area contributed by atoms with Crippen LogP contribution in [-0.2, 0) is 16.1 Å². The molecule has 0 spiro atoms. The van der Waals surface area contributed by atoms with E-state index in [1.54, 1.807) is 12.3 Å². The van der Waals surface area contributed by atoms with Gasteiger partial charge in [0.15, 0.2) is 0 Å². The highest BCUT2D eigenvalue weighted by Gasteiger charge is 2.04.